The average molecular weight is 413 g/mol. The van der Waals surface area contributed by atoms with Crippen LogP contribution in [0, 0.1) is 0 Å². The second kappa shape index (κ2) is 7.87. The number of hydrogen-bond donors (Lipinski definition) is 0. The van der Waals surface area contributed by atoms with Crippen LogP contribution in [0.3, 0.4) is 0 Å². The molecule has 0 bridgehead atoms. The highest BCUT2D eigenvalue weighted by Gasteiger charge is 2.27. The summed E-state index contributed by atoms with van der Waals surface area (Å²) in [6, 6.07) is 13.5. The van der Waals surface area contributed by atoms with Crippen molar-refractivity contribution < 1.29 is 17.7 Å². The van der Waals surface area contributed by atoms with Crippen LogP contribution < -0.4 is 4.31 Å². The molecule has 0 aliphatic carbocycles. The van der Waals surface area contributed by atoms with E-state index in [0.717, 1.165) is 19.3 Å². The van der Waals surface area contributed by atoms with Gasteiger partial charge in [0, 0.05) is 19.6 Å². The van der Waals surface area contributed by atoms with E-state index in [0.29, 0.717) is 29.7 Å². The third kappa shape index (κ3) is 3.60. The maximum absolute atomic E-state index is 13.3. The molecular formula is C21H23N3O4S. The molecule has 152 valence electrons. The van der Waals surface area contributed by atoms with Crippen LogP contribution in [0.1, 0.15) is 36.7 Å². The molecule has 1 aromatic heterocycles. The Labute approximate surface area is 169 Å². The summed E-state index contributed by atoms with van der Waals surface area (Å²) in [7, 11) is -3.80. The maximum atomic E-state index is 13.3. The Morgan fingerprint density at radius 3 is 2.52 bits per heavy atom. The van der Waals surface area contributed by atoms with E-state index in [-0.39, 0.29) is 23.0 Å². The quantitative estimate of drug-likeness (QED) is 0.637. The standard InChI is InChI=1S/C21H23N3O4S/c1-2-24(16-9-5-3-6-10-16)29(26,27)17-11-12-19-18(15-17)20(22-28-19)21(25)23-13-7-4-8-14-23/h3,5-6,9-12,15H,2,4,7-8,13-14H2,1H3. The summed E-state index contributed by atoms with van der Waals surface area (Å²) < 4.78 is 33.2. The molecule has 1 aliphatic rings. The summed E-state index contributed by atoms with van der Waals surface area (Å²) in [6.45, 7) is 3.44. The first-order chi connectivity index (χ1) is 14.0. The van der Waals surface area contributed by atoms with Gasteiger partial charge in [-0.3, -0.25) is 9.10 Å². The lowest BCUT2D eigenvalue weighted by Crippen LogP contribution is -2.35. The average Bonchev–Trinajstić information content (AvgIpc) is 3.18. The number of hydrogen-bond acceptors (Lipinski definition) is 5. The smallest absolute Gasteiger partial charge is 0.276 e. The van der Waals surface area contributed by atoms with Gasteiger partial charge in [-0.2, -0.15) is 0 Å². The minimum absolute atomic E-state index is 0.103. The first-order valence-corrected chi connectivity index (χ1v) is 11.2. The normalized spacial score (nSPS) is 14.9. The molecular weight excluding hydrogens is 390 g/mol. The van der Waals surface area contributed by atoms with Crippen molar-refractivity contribution in [3.8, 4) is 0 Å². The van der Waals surface area contributed by atoms with E-state index in [2.05, 4.69) is 5.16 Å². The van der Waals surface area contributed by atoms with E-state index in [1.165, 1.54) is 16.4 Å². The number of carbonyl (C=O) groups excluding carboxylic acids is 1. The number of nitrogens with zero attached hydrogens (tertiary/aromatic N) is 3. The number of anilines is 1. The van der Waals surface area contributed by atoms with Crippen molar-refractivity contribution in [2.75, 3.05) is 23.9 Å². The number of piperidine rings is 1. The number of amides is 1. The molecule has 0 saturated carbocycles. The molecule has 1 fully saturated rings. The Balaban J connectivity index is 1.74. The Kier molecular flexibility index (Phi) is 5.27. The number of sulfonamides is 1. The molecule has 7 nitrogen and oxygen atoms in total. The molecule has 3 aromatic rings. The van der Waals surface area contributed by atoms with Crippen molar-refractivity contribution in [3.05, 3.63) is 54.2 Å². The molecule has 0 radical (unpaired) electrons. The number of para-hydroxylation sites is 1. The van der Waals surface area contributed by atoms with Gasteiger partial charge in [0.25, 0.3) is 15.9 Å². The third-order valence-corrected chi connectivity index (χ3v) is 7.11. The van der Waals surface area contributed by atoms with Crippen LogP contribution in [0.5, 0.6) is 0 Å². The molecule has 0 spiro atoms. The Morgan fingerprint density at radius 2 is 1.83 bits per heavy atom. The van der Waals surface area contributed by atoms with Gasteiger partial charge in [-0.1, -0.05) is 23.4 Å². The van der Waals surface area contributed by atoms with Gasteiger partial charge in [0.2, 0.25) is 0 Å². The molecule has 2 aromatic carbocycles. The number of aromatic nitrogens is 1. The zero-order valence-electron chi connectivity index (χ0n) is 16.2. The number of fused-ring (bicyclic) bond motifs is 1. The van der Waals surface area contributed by atoms with Crippen molar-refractivity contribution in [3.63, 3.8) is 0 Å². The van der Waals surface area contributed by atoms with Crippen LogP contribution in [0.15, 0.2) is 57.9 Å². The molecule has 0 N–H and O–H groups in total. The predicted molar refractivity (Wildman–Crippen MR) is 110 cm³/mol. The van der Waals surface area contributed by atoms with Crippen molar-refractivity contribution in [1.82, 2.24) is 10.1 Å². The van der Waals surface area contributed by atoms with Crippen LogP contribution in [-0.4, -0.2) is 44.0 Å². The summed E-state index contributed by atoms with van der Waals surface area (Å²) in [5, 5.41) is 4.36. The van der Waals surface area contributed by atoms with Gasteiger partial charge in [-0.25, -0.2) is 8.42 Å². The zero-order chi connectivity index (χ0) is 20.4. The highest BCUT2D eigenvalue weighted by atomic mass is 32.2. The van der Waals surface area contributed by atoms with Gasteiger partial charge in [0.05, 0.1) is 16.0 Å². The number of likely N-dealkylation sites (tertiary alicyclic amines) is 1. The summed E-state index contributed by atoms with van der Waals surface area (Å²) in [5.74, 6) is -0.214. The fraction of sp³-hybridized carbons (Fsp3) is 0.333. The largest absolute Gasteiger partial charge is 0.355 e. The summed E-state index contributed by atoms with van der Waals surface area (Å²) in [5.41, 5.74) is 1.15. The van der Waals surface area contributed by atoms with Crippen LogP contribution >= 0.6 is 0 Å². The first kappa shape index (κ1) is 19.4. The van der Waals surface area contributed by atoms with Gasteiger partial charge in [-0.05, 0) is 56.5 Å². The Bertz CT molecular complexity index is 1120. The van der Waals surface area contributed by atoms with Gasteiger partial charge < -0.3 is 9.42 Å². The molecule has 4 rings (SSSR count). The molecule has 1 amide bonds. The van der Waals surface area contributed by atoms with Crippen molar-refractivity contribution >= 4 is 32.6 Å². The first-order valence-electron chi connectivity index (χ1n) is 9.79. The van der Waals surface area contributed by atoms with E-state index in [4.69, 9.17) is 4.52 Å². The fourth-order valence-electron chi connectivity index (χ4n) is 3.69. The maximum Gasteiger partial charge on any atom is 0.276 e. The highest BCUT2D eigenvalue weighted by molar-refractivity contribution is 7.92. The van der Waals surface area contributed by atoms with Crippen LogP contribution in [0.2, 0.25) is 0 Å². The molecule has 0 unspecified atom stereocenters. The third-order valence-electron chi connectivity index (χ3n) is 5.21. The zero-order valence-corrected chi connectivity index (χ0v) is 17.1. The second-order valence-electron chi connectivity index (χ2n) is 7.05. The van der Waals surface area contributed by atoms with E-state index in [1.807, 2.05) is 6.07 Å². The van der Waals surface area contributed by atoms with Gasteiger partial charge in [0.15, 0.2) is 11.3 Å². The molecule has 1 saturated heterocycles. The van der Waals surface area contributed by atoms with E-state index in [1.54, 1.807) is 42.2 Å². The SMILES string of the molecule is CCN(c1ccccc1)S(=O)(=O)c1ccc2onc(C(=O)N3CCCCC3)c2c1. The van der Waals surface area contributed by atoms with Crippen molar-refractivity contribution in [1.29, 1.82) is 0 Å². The van der Waals surface area contributed by atoms with Crippen LogP contribution in [0.25, 0.3) is 11.0 Å². The fourth-order valence-corrected chi connectivity index (χ4v) is 5.19. The van der Waals surface area contributed by atoms with Crippen LogP contribution in [-0.2, 0) is 10.0 Å². The van der Waals surface area contributed by atoms with E-state index >= 15 is 0 Å². The van der Waals surface area contributed by atoms with Gasteiger partial charge >= 0.3 is 0 Å². The highest BCUT2D eigenvalue weighted by Crippen LogP contribution is 2.28. The monoisotopic (exact) mass is 413 g/mol. The lowest BCUT2D eigenvalue weighted by atomic mass is 10.1. The molecule has 1 aliphatic heterocycles. The number of rotatable bonds is 5. The minimum Gasteiger partial charge on any atom is -0.355 e. The summed E-state index contributed by atoms with van der Waals surface area (Å²) in [6.07, 6.45) is 3.03. The number of benzene rings is 2. The van der Waals surface area contributed by atoms with Gasteiger partial charge in [0.1, 0.15) is 0 Å². The van der Waals surface area contributed by atoms with Gasteiger partial charge in [-0.15, -0.1) is 0 Å². The summed E-state index contributed by atoms with van der Waals surface area (Å²) in [4.78, 5) is 14.7. The van der Waals surface area contributed by atoms with E-state index < -0.39 is 10.0 Å². The topological polar surface area (TPSA) is 83.7 Å². The number of carbonyl (C=O) groups is 1. The van der Waals surface area contributed by atoms with Crippen LogP contribution in [0.4, 0.5) is 5.69 Å². The molecule has 2 heterocycles. The molecule has 29 heavy (non-hydrogen) atoms. The Morgan fingerprint density at radius 1 is 1.10 bits per heavy atom. The van der Waals surface area contributed by atoms with Crippen molar-refractivity contribution in [2.45, 2.75) is 31.1 Å². The lowest BCUT2D eigenvalue weighted by Gasteiger charge is -2.25. The second-order valence-corrected chi connectivity index (χ2v) is 8.91. The Hall–Kier alpha value is -2.87. The molecule has 0 atom stereocenters. The molecule has 8 heteroatoms. The lowest BCUT2D eigenvalue weighted by molar-refractivity contribution is 0.0716. The minimum atomic E-state index is -3.80. The van der Waals surface area contributed by atoms with Crippen molar-refractivity contribution in [2.24, 2.45) is 0 Å². The predicted octanol–water partition coefficient (Wildman–Crippen LogP) is 3.67. The van der Waals surface area contributed by atoms with E-state index in [9.17, 15) is 13.2 Å². The summed E-state index contributed by atoms with van der Waals surface area (Å²) >= 11 is 0.